The Kier molecular flexibility index (Phi) is 3.99. The number of carbonyl (C=O) groups is 1. The summed E-state index contributed by atoms with van der Waals surface area (Å²) in [5.41, 5.74) is 6.00. The number of thiazole rings is 1. The van der Waals surface area contributed by atoms with Gasteiger partial charge in [-0.15, -0.1) is 0 Å². The second-order valence-electron chi connectivity index (χ2n) is 1.96. The lowest BCUT2D eigenvalue weighted by molar-refractivity contribution is -0.0000174. The molecular formula is C6H8ClN2O2S-. The number of aryl methyl sites for hydroxylation is 1. The third-order valence-electron chi connectivity index (χ3n) is 1.18. The van der Waals surface area contributed by atoms with E-state index in [0.29, 0.717) is 15.7 Å². The molecule has 0 atom stereocenters. The molecule has 0 saturated carbocycles. The van der Waals surface area contributed by atoms with E-state index in [-0.39, 0.29) is 18.4 Å². The molecule has 0 unspecified atom stereocenters. The second kappa shape index (κ2) is 4.27. The Balaban J connectivity index is 0.00000121. The van der Waals surface area contributed by atoms with Crippen molar-refractivity contribution in [3.05, 3.63) is 10.6 Å². The molecule has 0 spiro atoms. The predicted octanol–water partition coefficient (Wildman–Crippen LogP) is -2.18. The Morgan fingerprint density at radius 3 is 2.58 bits per heavy atom. The van der Waals surface area contributed by atoms with E-state index in [9.17, 15) is 4.79 Å². The molecular weight excluding hydrogens is 200 g/mol. The number of nitrogens with zero attached hydrogens (tertiary/aromatic N) is 1. The van der Waals surface area contributed by atoms with Gasteiger partial charge in [-0.2, -0.15) is 0 Å². The van der Waals surface area contributed by atoms with Gasteiger partial charge in [-0.3, -0.25) is 0 Å². The van der Waals surface area contributed by atoms with Gasteiger partial charge in [0.15, 0.2) is 5.13 Å². The molecule has 0 radical (unpaired) electrons. The maximum Gasteiger partial charge on any atom is 0.350 e. The molecule has 68 valence electrons. The van der Waals surface area contributed by atoms with Gasteiger partial charge in [-0.25, -0.2) is 9.78 Å². The number of halogens is 1. The van der Waals surface area contributed by atoms with Gasteiger partial charge in [0.05, 0.1) is 12.8 Å². The zero-order chi connectivity index (χ0) is 8.43. The van der Waals surface area contributed by atoms with Gasteiger partial charge in [0.2, 0.25) is 0 Å². The Morgan fingerprint density at radius 2 is 2.25 bits per heavy atom. The minimum absolute atomic E-state index is 0. The molecule has 0 aromatic carbocycles. The van der Waals surface area contributed by atoms with Crippen LogP contribution in [0.4, 0.5) is 5.13 Å². The van der Waals surface area contributed by atoms with Crippen molar-refractivity contribution in [2.24, 2.45) is 0 Å². The fourth-order valence-corrected chi connectivity index (χ4v) is 1.45. The maximum atomic E-state index is 10.9. The van der Waals surface area contributed by atoms with Crippen molar-refractivity contribution in [3.8, 4) is 0 Å². The lowest BCUT2D eigenvalue weighted by Crippen LogP contribution is -3.00. The number of nitrogens with two attached hydrogens (primary N) is 1. The Labute approximate surface area is 80.2 Å². The zero-order valence-corrected chi connectivity index (χ0v) is 8.20. The van der Waals surface area contributed by atoms with Crippen molar-refractivity contribution in [2.45, 2.75) is 6.92 Å². The Bertz CT molecular complexity index is 287. The molecule has 0 bridgehead atoms. The van der Waals surface area contributed by atoms with E-state index in [1.807, 2.05) is 0 Å². The van der Waals surface area contributed by atoms with Crippen LogP contribution in [0.25, 0.3) is 0 Å². The molecule has 1 aromatic heterocycles. The van der Waals surface area contributed by atoms with Crippen LogP contribution in [0.2, 0.25) is 0 Å². The van der Waals surface area contributed by atoms with Gasteiger partial charge in [0, 0.05) is 0 Å². The average Bonchev–Trinajstić information content (AvgIpc) is 2.28. The summed E-state index contributed by atoms with van der Waals surface area (Å²) >= 11 is 1.14. The van der Waals surface area contributed by atoms with Crippen molar-refractivity contribution in [3.63, 3.8) is 0 Å². The van der Waals surface area contributed by atoms with E-state index in [2.05, 4.69) is 9.72 Å². The molecule has 4 nitrogen and oxygen atoms in total. The molecule has 0 fully saturated rings. The van der Waals surface area contributed by atoms with Crippen LogP contribution in [0.5, 0.6) is 0 Å². The maximum absolute atomic E-state index is 10.9. The molecule has 0 aliphatic rings. The van der Waals surface area contributed by atoms with E-state index in [1.165, 1.54) is 7.11 Å². The number of esters is 1. The molecule has 1 heterocycles. The lowest BCUT2D eigenvalue weighted by atomic mass is 10.4. The van der Waals surface area contributed by atoms with Gasteiger partial charge in [0.1, 0.15) is 4.88 Å². The highest BCUT2D eigenvalue weighted by molar-refractivity contribution is 7.17. The summed E-state index contributed by atoms with van der Waals surface area (Å²) in [6.07, 6.45) is 0. The van der Waals surface area contributed by atoms with E-state index in [4.69, 9.17) is 5.73 Å². The average molecular weight is 208 g/mol. The van der Waals surface area contributed by atoms with Gasteiger partial charge >= 0.3 is 5.97 Å². The number of carbonyl (C=O) groups excluding carboxylic acids is 1. The number of hydrogen-bond acceptors (Lipinski definition) is 5. The predicted molar refractivity (Wildman–Crippen MR) is 42.6 cm³/mol. The van der Waals surface area contributed by atoms with Gasteiger partial charge in [0.25, 0.3) is 0 Å². The fraction of sp³-hybridized carbons (Fsp3) is 0.333. The van der Waals surface area contributed by atoms with Gasteiger partial charge in [-0.1, -0.05) is 11.3 Å². The van der Waals surface area contributed by atoms with E-state index in [1.54, 1.807) is 6.92 Å². The monoisotopic (exact) mass is 207 g/mol. The largest absolute Gasteiger partial charge is 1.00 e. The molecule has 0 saturated heterocycles. The molecule has 12 heavy (non-hydrogen) atoms. The Hall–Kier alpha value is -0.810. The summed E-state index contributed by atoms with van der Waals surface area (Å²) in [7, 11) is 1.33. The van der Waals surface area contributed by atoms with Gasteiger partial charge in [-0.05, 0) is 6.92 Å². The molecule has 0 aliphatic heterocycles. The molecule has 2 N–H and O–H groups in total. The van der Waals surface area contributed by atoms with Crippen molar-refractivity contribution < 1.29 is 21.9 Å². The van der Waals surface area contributed by atoms with E-state index >= 15 is 0 Å². The first-order chi connectivity index (χ1) is 5.15. The second-order valence-corrected chi connectivity index (χ2v) is 2.99. The van der Waals surface area contributed by atoms with Crippen LogP contribution in [-0.2, 0) is 4.74 Å². The summed E-state index contributed by atoms with van der Waals surface area (Å²) in [4.78, 5) is 15.3. The number of methoxy groups -OCH3 is 1. The van der Waals surface area contributed by atoms with E-state index < -0.39 is 0 Å². The van der Waals surface area contributed by atoms with E-state index in [0.717, 1.165) is 11.3 Å². The van der Waals surface area contributed by atoms with Crippen LogP contribution in [0.3, 0.4) is 0 Å². The van der Waals surface area contributed by atoms with Crippen LogP contribution in [-0.4, -0.2) is 18.1 Å². The highest BCUT2D eigenvalue weighted by Gasteiger charge is 2.13. The zero-order valence-electron chi connectivity index (χ0n) is 6.63. The lowest BCUT2D eigenvalue weighted by Gasteiger charge is -1.92. The first-order valence-electron chi connectivity index (χ1n) is 2.96. The Morgan fingerprint density at radius 1 is 1.67 bits per heavy atom. The summed E-state index contributed by atoms with van der Waals surface area (Å²) in [6.45, 7) is 1.72. The number of ether oxygens (including phenoxy) is 1. The highest BCUT2D eigenvalue weighted by atomic mass is 35.5. The van der Waals surface area contributed by atoms with Crippen molar-refractivity contribution in [2.75, 3.05) is 12.8 Å². The van der Waals surface area contributed by atoms with Crippen molar-refractivity contribution in [1.29, 1.82) is 0 Å². The third-order valence-corrected chi connectivity index (χ3v) is 2.15. The highest BCUT2D eigenvalue weighted by Crippen LogP contribution is 2.19. The summed E-state index contributed by atoms with van der Waals surface area (Å²) in [5.74, 6) is -0.378. The molecule has 0 amide bonds. The third kappa shape index (κ3) is 2.09. The molecule has 6 heteroatoms. The quantitative estimate of drug-likeness (QED) is 0.532. The molecule has 1 aromatic rings. The molecule has 1 rings (SSSR count). The summed E-state index contributed by atoms with van der Waals surface area (Å²) in [6, 6.07) is 0. The topological polar surface area (TPSA) is 65.2 Å². The summed E-state index contributed by atoms with van der Waals surface area (Å²) in [5, 5.41) is 0.392. The first-order valence-corrected chi connectivity index (χ1v) is 3.78. The SMILES string of the molecule is COC(=O)c1sc(N)nc1C.[Cl-]. The minimum atomic E-state index is -0.378. The number of nitrogen functional groups attached to an aromatic ring is 1. The standard InChI is InChI=1S/C6H8N2O2S.ClH/c1-3-4(5(9)10-2)11-6(7)8-3;/h1-2H3,(H2,7,8);1H/p-1. The van der Waals surface area contributed by atoms with Crippen LogP contribution < -0.4 is 18.1 Å². The number of anilines is 1. The number of rotatable bonds is 1. The fourth-order valence-electron chi connectivity index (χ4n) is 0.699. The van der Waals surface area contributed by atoms with Crippen molar-refractivity contribution >= 4 is 22.4 Å². The minimum Gasteiger partial charge on any atom is -1.00 e. The van der Waals surface area contributed by atoms with Crippen LogP contribution in [0.15, 0.2) is 0 Å². The normalized spacial score (nSPS) is 8.83. The van der Waals surface area contributed by atoms with Crippen LogP contribution in [0, 0.1) is 6.92 Å². The number of hydrogen-bond donors (Lipinski definition) is 1. The van der Waals surface area contributed by atoms with Gasteiger partial charge < -0.3 is 22.9 Å². The van der Waals surface area contributed by atoms with Crippen molar-refractivity contribution in [1.82, 2.24) is 4.98 Å². The first kappa shape index (κ1) is 11.2. The molecule has 0 aliphatic carbocycles. The van der Waals surface area contributed by atoms with Crippen LogP contribution >= 0.6 is 11.3 Å². The summed E-state index contributed by atoms with van der Waals surface area (Å²) < 4.78 is 4.51. The number of aromatic nitrogens is 1. The van der Waals surface area contributed by atoms with Crippen LogP contribution in [0.1, 0.15) is 15.4 Å². The smallest absolute Gasteiger partial charge is 0.350 e.